The molecule has 2 unspecified atom stereocenters. The maximum Gasteiger partial charge on any atom is 0.227 e. The number of hydrogen-bond acceptors (Lipinski definition) is 3. The molecule has 1 aromatic carbocycles. The average molecular weight is 289 g/mol. The Morgan fingerprint density at radius 1 is 1.33 bits per heavy atom. The van der Waals surface area contributed by atoms with Crippen LogP contribution in [0.1, 0.15) is 31.4 Å². The monoisotopic (exact) mass is 289 g/mol. The number of rotatable bonds is 5. The lowest BCUT2D eigenvalue weighted by molar-refractivity contribution is -0.140. The molecule has 4 heteroatoms. The average Bonchev–Trinajstić information content (AvgIpc) is 2.52. The number of likely N-dealkylation sites (N-methyl/N-ethyl adjacent to an activating group) is 1. The lowest BCUT2D eigenvalue weighted by Gasteiger charge is -2.41. The van der Waals surface area contributed by atoms with Crippen LogP contribution in [0.2, 0.25) is 0 Å². The summed E-state index contributed by atoms with van der Waals surface area (Å²) in [6.45, 7) is 5.15. The lowest BCUT2D eigenvalue weighted by Crippen LogP contribution is -2.51. The third kappa shape index (κ3) is 3.83. The Morgan fingerprint density at radius 2 is 2.05 bits per heavy atom. The summed E-state index contributed by atoms with van der Waals surface area (Å²) >= 11 is 0. The van der Waals surface area contributed by atoms with E-state index in [0.29, 0.717) is 6.54 Å². The van der Waals surface area contributed by atoms with Gasteiger partial charge in [-0.15, -0.1) is 0 Å². The van der Waals surface area contributed by atoms with E-state index >= 15 is 0 Å². The molecule has 0 radical (unpaired) electrons. The zero-order valence-electron chi connectivity index (χ0n) is 13.2. The molecule has 1 amide bonds. The molecule has 0 spiro atoms. The summed E-state index contributed by atoms with van der Waals surface area (Å²) in [5, 5.41) is 0. The number of nitrogens with two attached hydrogens (primary N) is 1. The Morgan fingerprint density at radius 3 is 2.67 bits per heavy atom. The highest BCUT2D eigenvalue weighted by Crippen LogP contribution is 2.27. The van der Waals surface area contributed by atoms with Crippen molar-refractivity contribution in [2.24, 2.45) is 11.7 Å². The first-order valence-electron chi connectivity index (χ1n) is 7.91. The first-order chi connectivity index (χ1) is 10.2. The van der Waals surface area contributed by atoms with E-state index in [1.54, 1.807) is 0 Å². The fourth-order valence-corrected chi connectivity index (χ4v) is 3.07. The third-order valence-corrected chi connectivity index (χ3v) is 4.32. The molecule has 0 bridgehead atoms. The number of hydrogen-bond donors (Lipinski definition) is 1. The van der Waals surface area contributed by atoms with Crippen LogP contribution >= 0.6 is 0 Å². The van der Waals surface area contributed by atoms with Gasteiger partial charge in [0.1, 0.15) is 0 Å². The number of piperazine rings is 1. The smallest absolute Gasteiger partial charge is 0.227 e. The predicted octanol–water partition coefficient (Wildman–Crippen LogP) is 1.88. The second kappa shape index (κ2) is 7.57. The first-order valence-corrected chi connectivity index (χ1v) is 7.91. The standard InChI is InChI=1S/C17H27N3O/c1-3-7-15(12-18)17(21)20-11-10-19(2)13-16(20)14-8-5-4-6-9-14/h4-6,8-9,15-16H,3,7,10-13,18H2,1-2H3. The van der Waals surface area contributed by atoms with Gasteiger partial charge in [-0.05, 0) is 19.0 Å². The van der Waals surface area contributed by atoms with Crippen LogP contribution in [0.15, 0.2) is 30.3 Å². The Labute approximate surface area is 127 Å². The summed E-state index contributed by atoms with van der Waals surface area (Å²) in [6.07, 6.45) is 1.88. The minimum atomic E-state index is -0.0374. The zero-order chi connectivity index (χ0) is 15.2. The Kier molecular flexibility index (Phi) is 5.76. The number of amides is 1. The fraction of sp³-hybridized carbons (Fsp3) is 0.588. The van der Waals surface area contributed by atoms with E-state index in [1.807, 2.05) is 23.1 Å². The van der Waals surface area contributed by atoms with E-state index < -0.39 is 0 Å². The van der Waals surface area contributed by atoms with E-state index in [2.05, 4.69) is 31.0 Å². The van der Waals surface area contributed by atoms with Gasteiger partial charge in [-0.2, -0.15) is 0 Å². The second-order valence-electron chi connectivity index (χ2n) is 5.94. The Bertz CT molecular complexity index is 449. The van der Waals surface area contributed by atoms with Gasteiger partial charge < -0.3 is 15.5 Å². The highest BCUT2D eigenvalue weighted by Gasteiger charge is 2.33. The van der Waals surface area contributed by atoms with Crippen molar-refractivity contribution in [2.45, 2.75) is 25.8 Å². The molecule has 21 heavy (non-hydrogen) atoms. The van der Waals surface area contributed by atoms with Crippen LogP contribution in [0, 0.1) is 5.92 Å². The number of benzene rings is 1. The second-order valence-corrected chi connectivity index (χ2v) is 5.94. The van der Waals surface area contributed by atoms with Gasteiger partial charge in [0, 0.05) is 26.2 Å². The van der Waals surface area contributed by atoms with Crippen molar-refractivity contribution in [1.29, 1.82) is 0 Å². The molecule has 2 atom stereocenters. The highest BCUT2D eigenvalue weighted by molar-refractivity contribution is 5.79. The zero-order valence-corrected chi connectivity index (χ0v) is 13.2. The van der Waals surface area contributed by atoms with Gasteiger partial charge in [0.05, 0.1) is 12.0 Å². The summed E-state index contributed by atoms with van der Waals surface area (Å²) in [5.41, 5.74) is 7.03. The molecular formula is C17H27N3O. The maximum absolute atomic E-state index is 12.8. The van der Waals surface area contributed by atoms with Crippen molar-refractivity contribution in [3.05, 3.63) is 35.9 Å². The van der Waals surface area contributed by atoms with Crippen molar-refractivity contribution in [2.75, 3.05) is 33.2 Å². The third-order valence-electron chi connectivity index (χ3n) is 4.32. The fourth-order valence-electron chi connectivity index (χ4n) is 3.07. The molecule has 1 heterocycles. The van der Waals surface area contributed by atoms with E-state index in [-0.39, 0.29) is 17.9 Å². The topological polar surface area (TPSA) is 49.6 Å². The van der Waals surface area contributed by atoms with Crippen molar-refractivity contribution in [3.63, 3.8) is 0 Å². The van der Waals surface area contributed by atoms with Crippen LogP contribution in [0.25, 0.3) is 0 Å². The molecule has 1 aliphatic heterocycles. The van der Waals surface area contributed by atoms with E-state index in [1.165, 1.54) is 5.56 Å². The molecule has 1 saturated heterocycles. The van der Waals surface area contributed by atoms with Crippen LogP contribution in [0.4, 0.5) is 0 Å². The Balaban J connectivity index is 2.20. The van der Waals surface area contributed by atoms with Crippen molar-refractivity contribution in [3.8, 4) is 0 Å². The normalized spacial score (nSPS) is 21.3. The number of nitrogens with zero attached hydrogens (tertiary/aromatic N) is 2. The van der Waals surface area contributed by atoms with Gasteiger partial charge in [-0.25, -0.2) is 0 Å². The van der Waals surface area contributed by atoms with Crippen LogP contribution in [0.3, 0.4) is 0 Å². The summed E-state index contributed by atoms with van der Waals surface area (Å²) in [7, 11) is 2.12. The van der Waals surface area contributed by atoms with Crippen molar-refractivity contribution >= 4 is 5.91 Å². The van der Waals surface area contributed by atoms with E-state index in [4.69, 9.17) is 5.73 Å². The molecular weight excluding hydrogens is 262 g/mol. The van der Waals surface area contributed by atoms with Crippen LogP contribution in [0.5, 0.6) is 0 Å². The molecule has 116 valence electrons. The molecule has 1 aliphatic rings. The van der Waals surface area contributed by atoms with Crippen molar-refractivity contribution in [1.82, 2.24) is 9.80 Å². The molecule has 0 saturated carbocycles. The van der Waals surface area contributed by atoms with Gasteiger partial charge in [-0.3, -0.25) is 4.79 Å². The van der Waals surface area contributed by atoms with Crippen LogP contribution < -0.4 is 5.73 Å². The molecule has 2 rings (SSSR count). The quantitative estimate of drug-likeness (QED) is 0.900. The van der Waals surface area contributed by atoms with Gasteiger partial charge >= 0.3 is 0 Å². The Hall–Kier alpha value is -1.39. The first kappa shape index (κ1) is 16.0. The minimum Gasteiger partial charge on any atom is -0.333 e. The minimum absolute atomic E-state index is 0.0374. The van der Waals surface area contributed by atoms with Crippen LogP contribution in [-0.2, 0) is 4.79 Å². The summed E-state index contributed by atoms with van der Waals surface area (Å²) in [5.74, 6) is 0.186. The number of carbonyl (C=O) groups excluding carboxylic acids is 1. The van der Waals surface area contributed by atoms with Crippen LogP contribution in [-0.4, -0.2) is 48.9 Å². The summed E-state index contributed by atoms with van der Waals surface area (Å²) in [6, 6.07) is 10.5. The van der Waals surface area contributed by atoms with Gasteiger partial charge in [0.15, 0.2) is 0 Å². The molecule has 4 nitrogen and oxygen atoms in total. The van der Waals surface area contributed by atoms with Gasteiger partial charge in [0.2, 0.25) is 5.91 Å². The van der Waals surface area contributed by atoms with Gasteiger partial charge in [0.25, 0.3) is 0 Å². The molecule has 0 aromatic heterocycles. The maximum atomic E-state index is 12.8. The molecule has 1 aromatic rings. The van der Waals surface area contributed by atoms with E-state index in [9.17, 15) is 4.79 Å². The molecule has 2 N–H and O–H groups in total. The van der Waals surface area contributed by atoms with E-state index in [0.717, 1.165) is 32.5 Å². The van der Waals surface area contributed by atoms with Crippen molar-refractivity contribution < 1.29 is 4.79 Å². The highest BCUT2D eigenvalue weighted by atomic mass is 16.2. The summed E-state index contributed by atoms with van der Waals surface area (Å²) in [4.78, 5) is 17.2. The molecule has 0 aliphatic carbocycles. The molecule has 1 fully saturated rings. The number of carbonyl (C=O) groups is 1. The largest absolute Gasteiger partial charge is 0.333 e. The lowest BCUT2D eigenvalue weighted by atomic mass is 9.97. The van der Waals surface area contributed by atoms with Gasteiger partial charge in [-0.1, -0.05) is 43.7 Å². The SMILES string of the molecule is CCCC(CN)C(=O)N1CCN(C)CC1c1ccccc1. The summed E-state index contributed by atoms with van der Waals surface area (Å²) < 4.78 is 0. The predicted molar refractivity (Wildman–Crippen MR) is 85.8 cm³/mol.